The van der Waals surface area contributed by atoms with Gasteiger partial charge >= 0.3 is 11.9 Å². The molecule has 1 aromatic carbocycles. The van der Waals surface area contributed by atoms with Gasteiger partial charge in [0.1, 0.15) is 5.75 Å². The molecule has 0 spiro atoms. The molecule has 0 fully saturated rings. The molecule has 0 amide bonds. The maximum absolute atomic E-state index is 11.3. The number of carbonyl (C=O) groups is 2. The standard InChI is InChI=1S/C15H15NO4/c1-10(2)14(17)19-13-7-5-12(6-8-13)9-16-20-15(18)11(3)4/h5-9H,1,3H2,2,4H3/b16-9-. The maximum Gasteiger partial charge on any atom is 0.360 e. The van der Waals surface area contributed by atoms with Crippen LogP contribution in [0.25, 0.3) is 0 Å². The summed E-state index contributed by atoms with van der Waals surface area (Å²) in [4.78, 5) is 26.9. The maximum atomic E-state index is 11.3. The Morgan fingerprint density at radius 3 is 2.10 bits per heavy atom. The molecule has 20 heavy (non-hydrogen) atoms. The molecule has 5 nitrogen and oxygen atoms in total. The van der Waals surface area contributed by atoms with E-state index in [-0.39, 0.29) is 5.57 Å². The Bertz CT molecular complexity index is 570. The van der Waals surface area contributed by atoms with E-state index in [4.69, 9.17) is 4.74 Å². The number of carbonyl (C=O) groups excluding carboxylic acids is 2. The number of benzene rings is 1. The van der Waals surface area contributed by atoms with Gasteiger partial charge in [0.15, 0.2) is 0 Å². The molecule has 0 aliphatic rings. The lowest BCUT2D eigenvalue weighted by Crippen LogP contribution is -2.08. The van der Waals surface area contributed by atoms with E-state index in [1.54, 1.807) is 31.2 Å². The van der Waals surface area contributed by atoms with Crippen molar-refractivity contribution in [2.24, 2.45) is 5.16 Å². The topological polar surface area (TPSA) is 65.0 Å². The zero-order chi connectivity index (χ0) is 15.1. The van der Waals surface area contributed by atoms with Crippen LogP contribution >= 0.6 is 0 Å². The van der Waals surface area contributed by atoms with Crippen LogP contribution in [0, 0.1) is 0 Å². The lowest BCUT2D eigenvalue weighted by molar-refractivity contribution is -0.138. The molecular formula is C15H15NO4. The highest BCUT2D eigenvalue weighted by Gasteiger charge is 2.05. The first-order chi connectivity index (χ1) is 9.40. The molecule has 0 aromatic heterocycles. The Balaban J connectivity index is 2.61. The molecule has 5 heteroatoms. The van der Waals surface area contributed by atoms with Gasteiger partial charge in [0.2, 0.25) is 0 Å². The second-order valence-corrected chi connectivity index (χ2v) is 4.13. The smallest absolute Gasteiger partial charge is 0.360 e. The number of oxime groups is 1. The van der Waals surface area contributed by atoms with Crippen LogP contribution < -0.4 is 4.74 Å². The predicted octanol–water partition coefficient (Wildman–Crippen LogP) is 2.62. The summed E-state index contributed by atoms with van der Waals surface area (Å²) in [6.45, 7) is 10.0. The number of hydrogen-bond donors (Lipinski definition) is 0. The minimum absolute atomic E-state index is 0.268. The van der Waals surface area contributed by atoms with Crippen LogP contribution in [-0.4, -0.2) is 18.2 Å². The SMILES string of the molecule is C=C(C)C(=O)O/N=C\c1ccc(OC(=O)C(=C)C)cc1. The number of nitrogens with zero attached hydrogens (tertiary/aromatic N) is 1. The monoisotopic (exact) mass is 273 g/mol. The molecule has 0 aliphatic heterocycles. The summed E-state index contributed by atoms with van der Waals surface area (Å²) in [6.07, 6.45) is 1.37. The number of esters is 1. The number of ether oxygens (including phenoxy) is 1. The van der Waals surface area contributed by atoms with E-state index in [2.05, 4.69) is 23.2 Å². The second-order valence-electron chi connectivity index (χ2n) is 4.13. The Morgan fingerprint density at radius 1 is 1.05 bits per heavy atom. The first-order valence-corrected chi connectivity index (χ1v) is 5.78. The van der Waals surface area contributed by atoms with Crippen molar-refractivity contribution >= 4 is 18.2 Å². The zero-order valence-corrected chi connectivity index (χ0v) is 11.4. The molecule has 0 saturated heterocycles. The summed E-state index contributed by atoms with van der Waals surface area (Å²) in [5.41, 5.74) is 1.28. The third-order valence-electron chi connectivity index (χ3n) is 2.12. The van der Waals surface area contributed by atoms with Crippen molar-refractivity contribution < 1.29 is 19.2 Å². The Kier molecular flexibility index (Phi) is 5.41. The summed E-state index contributed by atoms with van der Waals surface area (Å²) in [6, 6.07) is 6.53. The lowest BCUT2D eigenvalue weighted by atomic mass is 10.2. The van der Waals surface area contributed by atoms with E-state index in [0.717, 1.165) is 0 Å². The van der Waals surface area contributed by atoms with Crippen LogP contribution in [-0.2, 0) is 14.4 Å². The summed E-state index contributed by atoms with van der Waals surface area (Å²) < 4.78 is 5.03. The van der Waals surface area contributed by atoms with Crippen LogP contribution in [0.2, 0.25) is 0 Å². The first-order valence-electron chi connectivity index (χ1n) is 5.78. The number of rotatable bonds is 5. The molecule has 0 aliphatic carbocycles. The average molecular weight is 273 g/mol. The molecule has 0 atom stereocenters. The fraction of sp³-hybridized carbons (Fsp3) is 0.133. The number of hydrogen-bond acceptors (Lipinski definition) is 5. The normalized spacial score (nSPS) is 10.1. The van der Waals surface area contributed by atoms with E-state index in [9.17, 15) is 9.59 Å². The first kappa shape index (κ1) is 15.4. The highest BCUT2D eigenvalue weighted by atomic mass is 16.7. The van der Waals surface area contributed by atoms with E-state index >= 15 is 0 Å². The molecule has 0 bridgehead atoms. The highest BCUT2D eigenvalue weighted by Crippen LogP contribution is 2.12. The van der Waals surface area contributed by atoms with Gasteiger partial charge in [-0.1, -0.05) is 18.3 Å². The van der Waals surface area contributed by atoms with Crippen molar-refractivity contribution in [3.63, 3.8) is 0 Å². The molecule has 104 valence electrons. The Morgan fingerprint density at radius 2 is 1.60 bits per heavy atom. The van der Waals surface area contributed by atoms with E-state index in [1.165, 1.54) is 13.1 Å². The Labute approximate surface area is 117 Å². The largest absolute Gasteiger partial charge is 0.423 e. The molecule has 0 saturated carbocycles. The van der Waals surface area contributed by atoms with E-state index < -0.39 is 11.9 Å². The molecule has 0 radical (unpaired) electrons. The van der Waals surface area contributed by atoms with Crippen molar-refractivity contribution in [3.05, 3.63) is 54.1 Å². The van der Waals surface area contributed by atoms with Crippen LogP contribution in [0.15, 0.2) is 53.7 Å². The molecular weight excluding hydrogens is 258 g/mol. The molecule has 0 N–H and O–H groups in total. The van der Waals surface area contributed by atoms with Gasteiger partial charge in [-0.3, -0.25) is 0 Å². The predicted molar refractivity (Wildman–Crippen MR) is 75.4 cm³/mol. The van der Waals surface area contributed by atoms with Crippen molar-refractivity contribution in [1.29, 1.82) is 0 Å². The summed E-state index contributed by atoms with van der Waals surface area (Å²) in [7, 11) is 0. The van der Waals surface area contributed by atoms with Crippen molar-refractivity contribution in [1.82, 2.24) is 0 Å². The van der Waals surface area contributed by atoms with Gasteiger partial charge < -0.3 is 9.57 Å². The fourth-order valence-corrected chi connectivity index (χ4v) is 1.03. The van der Waals surface area contributed by atoms with Gasteiger partial charge in [0.25, 0.3) is 0 Å². The lowest BCUT2D eigenvalue weighted by Gasteiger charge is -2.03. The third-order valence-corrected chi connectivity index (χ3v) is 2.12. The minimum Gasteiger partial charge on any atom is -0.423 e. The summed E-state index contributed by atoms with van der Waals surface area (Å²) in [5, 5.41) is 3.52. The van der Waals surface area contributed by atoms with Gasteiger partial charge in [-0.05, 0) is 43.7 Å². The molecule has 0 heterocycles. The van der Waals surface area contributed by atoms with Gasteiger partial charge in [0, 0.05) is 11.1 Å². The van der Waals surface area contributed by atoms with Crippen molar-refractivity contribution in [3.8, 4) is 5.75 Å². The second kappa shape index (κ2) is 7.04. The van der Waals surface area contributed by atoms with E-state index in [1.807, 2.05) is 0 Å². The van der Waals surface area contributed by atoms with Crippen molar-refractivity contribution in [2.75, 3.05) is 0 Å². The quantitative estimate of drug-likeness (QED) is 0.206. The van der Waals surface area contributed by atoms with E-state index in [0.29, 0.717) is 16.9 Å². The molecule has 0 unspecified atom stereocenters. The van der Waals surface area contributed by atoms with Gasteiger partial charge in [-0.25, -0.2) is 9.59 Å². The fourth-order valence-electron chi connectivity index (χ4n) is 1.03. The molecule has 1 rings (SSSR count). The summed E-state index contributed by atoms with van der Waals surface area (Å²) in [5.74, 6) is -0.677. The third kappa shape index (κ3) is 4.89. The minimum atomic E-state index is -0.590. The summed E-state index contributed by atoms with van der Waals surface area (Å²) >= 11 is 0. The highest BCUT2D eigenvalue weighted by molar-refractivity contribution is 5.89. The van der Waals surface area contributed by atoms with Crippen LogP contribution in [0.5, 0.6) is 5.75 Å². The van der Waals surface area contributed by atoms with Gasteiger partial charge in [-0.2, -0.15) is 0 Å². The van der Waals surface area contributed by atoms with Crippen LogP contribution in [0.1, 0.15) is 19.4 Å². The van der Waals surface area contributed by atoms with Crippen LogP contribution in [0.4, 0.5) is 0 Å². The van der Waals surface area contributed by atoms with Gasteiger partial charge in [-0.15, -0.1) is 0 Å². The van der Waals surface area contributed by atoms with Crippen molar-refractivity contribution in [2.45, 2.75) is 13.8 Å². The molecule has 1 aromatic rings. The van der Waals surface area contributed by atoms with Gasteiger partial charge in [0.05, 0.1) is 6.21 Å². The van der Waals surface area contributed by atoms with Crippen LogP contribution in [0.3, 0.4) is 0 Å². The zero-order valence-electron chi connectivity index (χ0n) is 11.4. The Hall–Kier alpha value is -2.69. The average Bonchev–Trinajstić information content (AvgIpc) is 2.40.